The Kier molecular flexibility index (Phi) is 5.14. The van der Waals surface area contributed by atoms with Crippen molar-refractivity contribution < 1.29 is 14.7 Å². The van der Waals surface area contributed by atoms with E-state index in [2.05, 4.69) is 5.32 Å². The van der Waals surface area contributed by atoms with Gasteiger partial charge in [-0.25, -0.2) is 0 Å². The molecule has 0 heterocycles. The molecule has 21 heavy (non-hydrogen) atoms. The number of aliphatic carboxylic acids is 1. The zero-order valence-electron chi connectivity index (χ0n) is 12.2. The van der Waals surface area contributed by atoms with Crippen molar-refractivity contribution in [2.45, 2.75) is 26.2 Å². The third kappa shape index (κ3) is 4.45. The molecule has 0 saturated heterocycles. The second-order valence-electron chi connectivity index (χ2n) is 5.61. The Morgan fingerprint density at radius 3 is 2.67 bits per heavy atom. The van der Waals surface area contributed by atoms with Gasteiger partial charge in [-0.15, -0.1) is 0 Å². The van der Waals surface area contributed by atoms with Crippen molar-refractivity contribution >= 4 is 11.9 Å². The molecular weight excluding hydrogens is 266 g/mol. The van der Waals surface area contributed by atoms with Gasteiger partial charge in [0.15, 0.2) is 0 Å². The SMILES string of the molecule is Cc1cccc(C[C@H](CNC(=O)C2CC=CC2)C(=O)O)c1. The predicted octanol–water partition coefficient (Wildman–Crippen LogP) is 2.32. The lowest BCUT2D eigenvalue weighted by atomic mass is 9.97. The lowest BCUT2D eigenvalue weighted by Crippen LogP contribution is -2.37. The fourth-order valence-corrected chi connectivity index (χ4v) is 2.57. The fourth-order valence-electron chi connectivity index (χ4n) is 2.57. The Balaban J connectivity index is 1.90. The zero-order chi connectivity index (χ0) is 15.2. The monoisotopic (exact) mass is 287 g/mol. The lowest BCUT2D eigenvalue weighted by molar-refractivity contribution is -0.141. The smallest absolute Gasteiger partial charge is 0.308 e. The van der Waals surface area contributed by atoms with Crippen LogP contribution < -0.4 is 5.32 Å². The first-order valence-corrected chi connectivity index (χ1v) is 7.27. The Morgan fingerprint density at radius 1 is 1.33 bits per heavy atom. The van der Waals surface area contributed by atoms with Gasteiger partial charge in [-0.1, -0.05) is 42.0 Å². The highest BCUT2D eigenvalue weighted by atomic mass is 16.4. The van der Waals surface area contributed by atoms with Crippen LogP contribution in [0.2, 0.25) is 0 Å². The molecule has 0 saturated carbocycles. The predicted molar refractivity (Wildman–Crippen MR) is 80.9 cm³/mol. The summed E-state index contributed by atoms with van der Waals surface area (Å²) in [6.07, 6.45) is 5.92. The van der Waals surface area contributed by atoms with E-state index in [1.54, 1.807) is 0 Å². The second kappa shape index (κ2) is 7.07. The molecule has 0 spiro atoms. The first-order valence-electron chi connectivity index (χ1n) is 7.27. The standard InChI is InChI=1S/C17H21NO3/c1-12-5-4-6-13(9-12)10-15(17(20)21)11-18-16(19)14-7-2-3-8-14/h2-6,9,14-15H,7-8,10-11H2,1H3,(H,18,19)(H,20,21)/t15-/m1/s1. The zero-order valence-corrected chi connectivity index (χ0v) is 12.2. The van der Waals surface area contributed by atoms with Gasteiger partial charge in [0.1, 0.15) is 0 Å². The Labute approximate surface area is 124 Å². The van der Waals surface area contributed by atoms with Crippen molar-refractivity contribution in [2.24, 2.45) is 11.8 Å². The van der Waals surface area contributed by atoms with Crippen LogP contribution >= 0.6 is 0 Å². The summed E-state index contributed by atoms with van der Waals surface area (Å²) in [7, 11) is 0. The number of amides is 1. The number of hydrogen-bond acceptors (Lipinski definition) is 2. The number of carboxylic acids is 1. The largest absolute Gasteiger partial charge is 0.481 e. The molecule has 0 radical (unpaired) electrons. The highest BCUT2D eigenvalue weighted by molar-refractivity contribution is 5.80. The number of benzene rings is 1. The van der Waals surface area contributed by atoms with Gasteiger partial charge in [0, 0.05) is 12.5 Å². The lowest BCUT2D eigenvalue weighted by Gasteiger charge is -2.16. The quantitative estimate of drug-likeness (QED) is 0.789. The Hall–Kier alpha value is -2.10. The molecule has 1 amide bonds. The van der Waals surface area contributed by atoms with Crippen molar-refractivity contribution in [3.8, 4) is 0 Å². The highest BCUT2D eigenvalue weighted by Gasteiger charge is 2.23. The van der Waals surface area contributed by atoms with Gasteiger partial charge in [-0.05, 0) is 31.7 Å². The van der Waals surface area contributed by atoms with Gasteiger partial charge in [0.25, 0.3) is 0 Å². The number of allylic oxidation sites excluding steroid dienone is 2. The first-order chi connectivity index (χ1) is 10.1. The maximum atomic E-state index is 11.9. The molecular formula is C17H21NO3. The molecule has 1 aromatic carbocycles. The van der Waals surface area contributed by atoms with E-state index >= 15 is 0 Å². The average Bonchev–Trinajstić information content (AvgIpc) is 2.97. The molecule has 4 heteroatoms. The molecule has 1 aromatic rings. The topological polar surface area (TPSA) is 66.4 Å². The minimum Gasteiger partial charge on any atom is -0.481 e. The fraction of sp³-hybridized carbons (Fsp3) is 0.412. The summed E-state index contributed by atoms with van der Waals surface area (Å²) in [5, 5.41) is 12.1. The number of carbonyl (C=O) groups is 2. The van der Waals surface area contributed by atoms with E-state index in [0.717, 1.165) is 24.0 Å². The van der Waals surface area contributed by atoms with Crippen LogP contribution in [-0.4, -0.2) is 23.5 Å². The highest BCUT2D eigenvalue weighted by Crippen LogP contribution is 2.18. The molecule has 0 aromatic heterocycles. The summed E-state index contributed by atoms with van der Waals surface area (Å²) >= 11 is 0. The van der Waals surface area contributed by atoms with Crippen LogP contribution in [0.4, 0.5) is 0 Å². The second-order valence-corrected chi connectivity index (χ2v) is 5.61. The molecule has 2 rings (SSSR count). The van der Waals surface area contributed by atoms with Crippen LogP contribution in [0.3, 0.4) is 0 Å². The summed E-state index contributed by atoms with van der Waals surface area (Å²) < 4.78 is 0. The number of carboxylic acid groups (broad SMARTS) is 1. The minimum absolute atomic E-state index is 0.0292. The van der Waals surface area contributed by atoms with E-state index in [1.165, 1.54) is 0 Å². The van der Waals surface area contributed by atoms with E-state index in [1.807, 2.05) is 43.3 Å². The Morgan fingerprint density at radius 2 is 2.05 bits per heavy atom. The third-order valence-electron chi connectivity index (χ3n) is 3.82. The van der Waals surface area contributed by atoms with Gasteiger partial charge < -0.3 is 10.4 Å². The van der Waals surface area contributed by atoms with Crippen LogP contribution in [0.1, 0.15) is 24.0 Å². The Bertz CT molecular complexity index is 543. The molecule has 112 valence electrons. The van der Waals surface area contributed by atoms with Gasteiger partial charge in [-0.3, -0.25) is 9.59 Å². The molecule has 1 aliphatic carbocycles. The van der Waals surface area contributed by atoms with Gasteiger partial charge in [-0.2, -0.15) is 0 Å². The molecule has 1 atom stereocenters. The summed E-state index contributed by atoms with van der Waals surface area (Å²) in [6, 6.07) is 7.81. The molecule has 0 aliphatic heterocycles. The number of nitrogens with one attached hydrogen (secondary N) is 1. The normalized spacial score (nSPS) is 15.9. The van der Waals surface area contributed by atoms with Gasteiger partial charge in [0.2, 0.25) is 5.91 Å². The molecule has 0 fully saturated rings. The van der Waals surface area contributed by atoms with Crippen LogP contribution in [0, 0.1) is 18.8 Å². The van der Waals surface area contributed by atoms with E-state index in [9.17, 15) is 14.7 Å². The summed E-state index contributed by atoms with van der Waals surface area (Å²) in [4.78, 5) is 23.3. The number of hydrogen-bond donors (Lipinski definition) is 2. The van der Waals surface area contributed by atoms with Crippen LogP contribution in [-0.2, 0) is 16.0 Å². The molecule has 1 aliphatic rings. The average molecular weight is 287 g/mol. The minimum atomic E-state index is -0.874. The molecule has 0 bridgehead atoms. The number of carbonyl (C=O) groups excluding carboxylic acids is 1. The summed E-state index contributed by atoms with van der Waals surface area (Å²) in [5.74, 6) is -1.54. The van der Waals surface area contributed by atoms with Crippen molar-refractivity contribution in [2.75, 3.05) is 6.54 Å². The van der Waals surface area contributed by atoms with Crippen LogP contribution in [0.5, 0.6) is 0 Å². The van der Waals surface area contributed by atoms with E-state index in [-0.39, 0.29) is 18.4 Å². The summed E-state index contributed by atoms with van der Waals surface area (Å²) in [5.41, 5.74) is 2.09. The number of aryl methyl sites for hydroxylation is 1. The van der Waals surface area contributed by atoms with Gasteiger partial charge in [0.05, 0.1) is 5.92 Å². The molecule has 2 N–H and O–H groups in total. The van der Waals surface area contributed by atoms with E-state index in [0.29, 0.717) is 6.42 Å². The van der Waals surface area contributed by atoms with Crippen LogP contribution in [0.25, 0.3) is 0 Å². The molecule has 4 nitrogen and oxygen atoms in total. The van der Waals surface area contributed by atoms with Crippen LogP contribution in [0.15, 0.2) is 36.4 Å². The van der Waals surface area contributed by atoms with E-state index in [4.69, 9.17) is 0 Å². The van der Waals surface area contributed by atoms with E-state index < -0.39 is 11.9 Å². The van der Waals surface area contributed by atoms with Crippen molar-refractivity contribution in [1.82, 2.24) is 5.32 Å². The van der Waals surface area contributed by atoms with Gasteiger partial charge >= 0.3 is 5.97 Å². The maximum absolute atomic E-state index is 11.9. The third-order valence-corrected chi connectivity index (χ3v) is 3.82. The first kappa shape index (κ1) is 15.3. The van der Waals surface area contributed by atoms with Crippen molar-refractivity contribution in [3.63, 3.8) is 0 Å². The molecule has 0 unspecified atom stereocenters. The number of rotatable bonds is 6. The van der Waals surface area contributed by atoms with Crippen molar-refractivity contribution in [3.05, 3.63) is 47.5 Å². The summed E-state index contributed by atoms with van der Waals surface area (Å²) in [6.45, 7) is 2.16. The van der Waals surface area contributed by atoms with Crippen molar-refractivity contribution in [1.29, 1.82) is 0 Å². The maximum Gasteiger partial charge on any atom is 0.308 e.